The fourth-order valence-electron chi connectivity index (χ4n) is 3.11. The third kappa shape index (κ3) is 2.76. The molecule has 1 fully saturated rings. The van der Waals surface area contributed by atoms with Gasteiger partial charge in [0.2, 0.25) is 0 Å². The van der Waals surface area contributed by atoms with Gasteiger partial charge in [0.25, 0.3) is 0 Å². The highest BCUT2D eigenvalue weighted by Crippen LogP contribution is 2.29. The molecule has 1 aliphatic heterocycles. The summed E-state index contributed by atoms with van der Waals surface area (Å²) < 4.78 is 0. The van der Waals surface area contributed by atoms with E-state index in [9.17, 15) is 5.11 Å². The van der Waals surface area contributed by atoms with E-state index >= 15 is 0 Å². The van der Waals surface area contributed by atoms with E-state index in [0.29, 0.717) is 5.92 Å². The summed E-state index contributed by atoms with van der Waals surface area (Å²) in [6, 6.07) is 10.1. The molecule has 100 valence electrons. The van der Waals surface area contributed by atoms with Gasteiger partial charge in [0.15, 0.2) is 0 Å². The molecule has 0 spiro atoms. The molecule has 1 heterocycles. The van der Waals surface area contributed by atoms with Gasteiger partial charge >= 0.3 is 0 Å². The Bertz CT molecular complexity index is 395. The van der Waals surface area contributed by atoms with Gasteiger partial charge < -0.3 is 10.0 Å². The molecular weight excluding hydrogens is 222 g/mol. The Labute approximate surface area is 111 Å². The number of rotatable bonds is 1. The summed E-state index contributed by atoms with van der Waals surface area (Å²) in [6.45, 7) is 11.0. The van der Waals surface area contributed by atoms with Gasteiger partial charge in [-0.2, -0.15) is 0 Å². The Morgan fingerprint density at radius 1 is 1.22 bits per heavy atom. The quantitative estimate of drug-likeness (QED) is 0.775. The van der Waals surface area contributed by atoms with Crippen molar-refractivity contribution in [1.29, 1.82) is 0 Å². The van der Waals surface area contributed by atoms with Gasteiger partial charge in [-0.25, -0.2) is 0 Å². The van der Waals surface area contributed by atoms with E-state index in [2.05, 4.69) is 39.8 Å². The highest BCUT2D eigenvalue weighted by molar-refractivity contribution is 5.22. The zero-order valence-corrected chi connectivity index (χ0v) is 12.0. The number of aliphatic hydroxyl groups is 1. The van der Waals surface area contributed by atoms with Crippen molar-refractivity contribution in [2.24, 2.45) is 5.92 Å². The van der Waals surface area contributed by atoms with Crippen LogP contribution in [0.25, 0.3) is 0 Å². The van der Waals surface area contributed by atoms with Crippen LogP contribution in [0.4, 0.5) is 0 Å². The Kier molecular flexibility index (Phi) is 3.52. The van der Waals surface area contributed by atoms with Gasteiger partial charge in [0, 0.05) is 5.92 Å². The topological polar surface area (TPSA) is 24.7 Å². The fourth-order valence-corrected chi connectivity index (χ4v) is 3.11. The normalized spacial score (nSPS) is 33.4. The van der Waals surface area contributed by atoms with Crippen LogP contribution in [-0.4, -0.2) is 23.7 Å². The summed E-state index contributed by atoms with van der Waals surface area (Å²) in [5, 5.41) is 11.0. The molecular formula is C16H26NO+. The second-order valence-electron chi connectivity index (χ2n) is 6.94. The van der Waals surface area contributed by atoms with Crippen molar-refractivity contribution in [2.75, 3.05) is 13.1 Å². The number of quaternary nitrogens is 1. The van der Waals surface area contributed by atoms with E-state index < -0.39 is 5.60 Å². The van der Waals surface area contributed by atoms with Crippen molar-refractivity contribution >= 4 is 0 Å². The molecule has 2 rings (SSSR count). The molecule has 3 atom stereocenters. The van der Waals surface area contributed by atoms with Crippen LogP contribution in [0, 0.1) is 5.92 Å². The highest BCUT2D eigenvalue weighted by atomic mass is 16.3. The highest BCUT2D eigenvalue weighted by Gasteiger charge is 2.44. The molecule has 1 aromatic carbocycles. The zero-order chi connectivity index (χ0) is 13.4. The van der Waals surface area contributed by atoms with Crippen molar-refractivity contribution in [2.45, 2.75) is 45.3 Å². The summed E-state index contributed by atoms with van der Waals surface area (Å²) in [6.07, 6.45) is 0.872. The van der Waals surface area contributed by atoms with E-state index in [-0.39, 0.29) is 5.54 Å². The molecule has 0 bridgehead atoms. The van der Waals surface area contributed by atoms with Crippen molar-refractivity contribution in [3.8, 4) is 0 Å². The minimum Gasteiger partial charge on any atom is -0.379 e. The van der Waals surface area contributed by atoms with Crippen LogP contribution in [0.3, 0.4) is 0 Å². The summed E-state index contributed by atoms with van der Waals surface area (Å²) in [5.41, 5.74) is 0.595. The lowest BCUT2D eigenvalue weighted by molar-refractivity contribution is -0.961. The van der Waals surface area contributed by atoms with Crippen LogP contribution >= 0.6 is 0 Å². The molecule has 1 saturated heterocycles. The molecule has 18 heavy (non-hydrogen) atoms. The predicted molar refractivity (Wildman–Crippen MR) is 74.6 cm³/mol. The Morgan fingerprint density at radius 2 is 1.83 bits per heavy atom. The van der Waals surface area contributed by atoms with Crippen LogP contribution in [-0.2, 0) is 5.60 Å². The lowest BCUT2D eigenvalue weighted by Gasteiger charge is -2.45. The van der Waals surface area contributed by atoms with E-state index in [0.717, 1.165) is 25.1 Å². The number of hydrogen-bond donors (Lipinski definition) is 2. The van der Waals surface area contributed by atoms with E-state index in [1.807, 2.05) is 18.2 Å². The van der Waals surface area contributed by atoms with Crippen LogP contribution in [0.1, 0.15) is 39.7 Å². The van der Waals surface area contributed by atoms with Crippen LogP contribution < -0.4 is 4.90 Å². The van der Waals surface area contributed by atoms with E-state index in [1.54, 1.807) is 0 Å². The molecule has 0 radical (unpaired) electrons. The lowest BCUT2D eigenvalue weighted by atomic mass is 9.79. The average Bonchev–Trinajstić information content (AvgIpc) is 2.28. The smallest absolute Gasteiger partial charge is 0.139 e. The number of likely N-dealkylation sites (tertiary alicyclic amines) is 1. The molecule has 2 heteroatoms. The molecule has 1 aromatic rings. The monoisotopic (exact) mass is 248 g/mol. The number of benzene rings is 1. The molecule has 2 N–H and O–H groups in total. The number of hydrogen-bond acceptors (Lipinski definition) is 1. The van der Waals surface area contributed by atoms with Crippen LogP contribution in [0.2, 0.25) is 0 Å². The molecule has 2 nitrogen and oxygen atoms in total. The third-order valence-corrected chi connectivity index (χ3v) is 4.16. The molecule has 0 amide bonds. The number of piperidine rings is 1. The first-order chi connectivity index (χ1) is 8.31. The second kappa shape index (κ2) is 4.67. The zero-order valence-electron chi connectivity index (χ0n) is 12.0. The first kappa shape index (κ1) is 13.6. The molecule has 1 unspecified atom stereocenters. The largest absolute Gasteiger partial charge is 0.379 e. The minimum atomic E-state index is -0.665. The summed E-state index contributed by atoms with van der Waals surface area (Å²) >= 11 is 0. The van der Waals surface area contributed by atoms with Gasteiger partial charge in [-0.15, -0.1) is 0 Å². The second-order valence-corrected chi connectivity index (χ2v) is 6.94. The molecule has 0 aromatic heterocycles. The molecule has 1 aliphatic rings. The third-order valence-electron chi connectivity index (χ3n) is 4.16. The minimum absolute atomic E-state index is 0.192. The Morgan fingerprint density at radius 3 is 2.39 bits per heavy atom. The maximum absolute atomic E-state index is 11.0. The van der Waals surface area contributed by atoms with Gasteiger partial charge in [-0.3, -0.25) is 0 Å². The van der Waals surface area contributed by atoms with Crippen molar-refractivity contribution in [3.05, 3.63) is 35.9 Å². The van der Waals surface area contributed by atoms with Crippen molar-refractivity contribution in [1.82, 2.24) is 0 Å². The van der Waals surface area contributed by atoms with Crippen molar-refractivity contribution in [3.63, 3.8) is 0 Å². The van der Waals surface area contributed by atoms with Crippen LogP contribution in [0.15, 0.2) is 30.3 Å². The average molecular weight is 248 g/mol. The van der Waals surface area contributed by atoms with Gasteiger partial charge in [-0.05, 0) is 32.8 Å². The van der Waals surface area contributed by atoms with Crippen molar-refractivity contribution < 1.29 is 10.0 Å². The summed E-state index contributed by atoms with van der Waals surface area (Å²) in [5.74, 6) is 0.554. The van der Waals surface area contributed by atoms with E-state index in [1.165, 1.54) is 4.90 Å². The van der Waals surface area contributed by atoms with Gasteiger partial charge in [-0.1, -0.05) is 37.3 Å². The van der Waals surface area contributed by atoms with Gasteiger partial charge in [0.1, 0.15) is 12.1 Å². The first-order valence-corrected chi connectivity index (χ1v) is 6.94. The Hall–Kier alpha value is -0.860. The first-order valence-electron chi connectivity index (χ1n) is 6.94. The summed E-state index contributed by atoms with van der Waals surface area (Å²) in [4.78, 5) is 1.49. The SMILES string of the molecule is C[C@@H]1C[NH+](C(C)(C)C)C[C@@](O)(c2ccccc2)C1. The maximum Gasteiger partial charge on any atom is 0.139 e. The fraction of sp³-hybridized carbons (Fsp3) is 0.625. The predicted octanol–water partition coefficient (Wildman–Crippen LogP) is 1.60. The number of nitrogens with one attached hydrogen (secondary N) is 1. The lowest BCUT2D eigenvalue weighted by Crippen LogP contribution is -3.21. The Balaban J connectivity index is 2.28. The van der Waals surface area contributed by atoms with E-state index in [4.69, 9.17) is 0 Å². The van der Waals surface area contributed by atoms with Crippen LogP contribution in [0.5, 0.6) is 0 Å². The standard InChI is InChI=1S/C16H25NO/c1-13-10-16(18,14-8-6-5-7-9-14)12-17(11-13)15(2,3)4/h5-9,13,18H,10-12H2,1-4H3/p+1/t13-,16+/m0/s1. The molecule has 0 aliphatic carbocycles. The van der Waals surface area contributed by atoms with Gasteiger partial charge in [0.05, 0.1) is 12.1 Å². The maximum atomic E-state index is 11.0. The summed E-state index contributed by atoms with van der Waals surface area (Å²) in [7, 11) is 0. The molecule has 0 saturated carbocycles.